The standard InChI is InChI=1S/C3H9BO4.K.H/c1-7-2-3-8-4(5)6;;/h5-6H,2-3H2,1H3;;/q;+1;-1. The van der Waals surface area contributed by atoms with Crippen LogP contribution >= 0.6 is 0 Å². The first-order valence-corrected chi connectivity index (χ1v) is 2.24. The monoisotopic (exact) mass is 160 g/mol. The van der Waals surface area contributed by atoms with E-state index in [0.717, 1.165) is 0 Å². The summed E-state index contributed by atoms with van der Waals surface area (Å²) in [5.74, 6) is 0. The molecule has 0 saturated heterocycles. The van der Waals surface area contributed by atoms with Crippen LogP contribution in [0.15, 0.2) is 0 Å². The molecule has 0 heterocycles. The van der Waals surface area contributed by atoms with E-state index in [4.69, 9.17) is 10.0 Å². The van der Waals surface area contributed by atoms with Crippen LogP contribution in [-0.4, -0.2) is 37.7 Å². The van der Waals surface area contributed by atoms with Crippen LogP contribution in [0, 0.1) is 0 Å². The smallest absolute Gasteiger partial charge is 1.00 e. The van der Waals surface area contributed by atoms with Gasteiger partial charge in [0, 0.05) is 7.11 Å². The van der Waals surface area contributed by atoms with Crippen molar-refractivity contribution >= 4 is 7.32 Å². The van der Waals surface area contributed by atoms with Crippen molar-refractivity contribution in [3.05, 3.63) is 0 Å². The molecule has 0 amide bonds. The first-order chi connectivity index (χ1) is 3.77. The minimum Gasteiger partial charge on any atom is -1.00 e. The molecule has 0 bridgehead atoms. The van der Waals surface area contributed by atoms with Crippen LogP contribution in [0.5, 0.6) is 0 Å². The van der Waals surface area contributed by atoms with Gasteiger partial charge in [-0.05, 0) is 0 Å². The molecular weight excluding hydrogens is 150 g/mol. The molecule has 4 nitrogen and oxygen atoms in total. The minimum absolute atomic E-state index is 0. The van der Waals surface area contributed by atoms with Gasteiger partial charge in [0.1, 0.15) is 0 Å². The maximum Gasteiger partial charge on any atom is 1.00 e. The third-order valence-electron chi connectivity index (χ3n) is 0.554. The van der Waals surface area contributed by atoms with Gasteiger partial charge in [-0.25, -0.2) is 0 Å². The molecule has 50 valence electrons. The molecule has 6 heteroatoms. The van der Waals surface area contributed by atoms with E-state index in [2.05, 4.69) is 9.39 Å². The van der Waals surface area contributed by atoms with Crippen molar-refractivity contribution in [3.8, 4) is 0 Å². The average Bonchev–Trinajstić information content (AvgIpc) is 1.66. The Morgan fingerprint density at radius 2 is 2.00 bits per heavy atom. The van der Waals surface area contributed by atoms with Gasteiger partial charge in [0.15, 0.2) is 0 Å². The second kappa shape index (κ2) is 9.54. The van der Waals surface area contributed by atoms with Gasteiger partial charge in [-0.1, -0.05) is 0 Å². The molecule has 0 radical (unpaired) electrons. The van der Waals surface area contributed by atoms with Gasteiger partial charge in [0.2, 0.25) is 0 Å². The van der Waals surface area contributed by atoms with Gasteiger partial charge in [-0.2, -0.15) is 0 Å². The Balaban J connectivity index is -0.000000245. The second-order valence-corrected chi connectivity index (χ2v) is 1.19. The fraction of sp³-hybridized carbons (Fsp3) is 1.00. The molecule has 0 aliphatic carbocycles. The zero-order valence-corrected chi connectivity index (χ0v) is 8.83. The van der Waals surface area contributed by atoms with Crippen LogP contribution in [0.3, 0.4) is 0 Å². The largest absolute Gasteiger partial charge is 1.00 e. The summed E-state index contributed by atoms with van der Waals surface area (Å²) in [7, 11) is -0.169. The summed E-state index contributed by atoms with van der Waals surface area (Å²) in [5.41, 5.74) is 0. The first kappa shape index (κ1) is 13.2. The van der Waals surface area contributed by atoms with Gasteiger partial charge in [-0.3, -0.25) is 0 Å². The molecule has 0 fully saturated rings. The number of hydrogen-bond donors (Lipinski definition) is 2. The summed E-state index contributed by atoms with van der Waals surface area (Å²) >= 11 is 0. The van der Waals surface area contributed by atoms with Crippen LogP contribution in [-0.2, 0) is 9.39 Å². The van der Waals surface area contributed by atoms with Crippen molar-refractivity contribution in [2.45, 2.75) is 0 Å². The van der Waals surface area contributed by atoms with Crippen LogP contribution in [0.2, 0.25) is 0 Å². The topological polar surface area (TPSA) is 58.9 Å². The molecule has 0 rings (SSSR count). The number of hydrogen-bond acceptors (Lipinski definition) is 4. The Kier molecular flexibility index (Phi) is 13.9. The third kappa shape index (κ3) is 12.7. The summed E-state index contributed by atoms with van der Waals surface area (Å²) in [4.78, 5) is 0. The maximum atomic E-state index is 8.06. The summed E-state index contributed by atoms with van der Waals surface area (Å²) < 4.78 is 8.81. The Morgan fingerprint density at radius 1 is 1.44 bits per heavy atom. The Bertz CT molecular complexity index is 57.8. The number of methoxy groups -OCH3 is 1. The van der Waals surface area contributed by atoms with Crippen molar-refractivity contribution in [2.75, 3.05) is 20.3 Å². The van der Waals surface area contributed by atoms with Crippen LogP contribution in [0.4, 0.5) is 0 Å². The van der Waals surface area contributed by atoms with Crippen molar-refractivity contribution in [3.63, 3.8) is 0 Å². The van der Waals surface area contributed by atoms with E-state index < -0.39 is 7.32 Å². The summed E-state index contributed by atoms with van der Waals surface area (Å²) in [6.45, 7) is 0.575. The molecule has 0 aromatic heterocycles. The van der Waals surface area contributed by atoms with Gasteiger partial charge in [0.25, 0.3) is 0 Å². The Labute approximate surface area is 98.6 Å². The first-order valence-electron chi connectivity index (χ1n) is 2.24. The quantitative estimate of drug-likeness (QED) is 0.323. The summed E-state index contributed by atoms with van der Waals surface area (Å²) in [5, 5.41) is 16.1. The van der Waals surface area contributed by atoms with Gasteiger partial charge < -0.3 is 20.9 Å². The Hall–Kier alpha value is 1.54. The van der Waals surface area contributed by atoms with Gasteiger partial charge >= 0.3 is 58.7 Å². The molecule has 2 N–H and O–H groups in total. The molecule has 0 aromatic rings. The zero-order chi connectivity index (χ0) is 6.41. The van der Waals surface area contributed by atoms with E-state index in [-0.39, 0.29) is 59.4 Å². The molecule has 0 aliphatic heterocycles. The van der Waals surface area contributed by atoms with Crippen molar-refractivity contribution in [1.82, 2.24) is 0 Å². The second-order valence-electron chi connectivity index (χ2n) is 1.19. The SMILES string of the molecule is COCCOB(O)O.[H-].[K+]. The van der Waals surface area contributed by atoms with Crippen molar-refractivity contribution in [1.29, 1.82) is 0 Å². The van der Waals surface area contributed by atoms with Crippen LogP contribution < -0.4 is 51.4 Å². The minimum atomic E-state index is -1.68. The molecule has 9 heavy (non-hydrogen) atoms. The molecule has 0 aromatic carbocycles. The predicted octanol–water partition coefficient (Wildman–Crippen LogP) is -4.26. The summed E-state index contributed by atoms with van der Waals surface area (Å²) in [6, 6.07) is 0. The number of rotatable bonds is 4. The fourth-order valence-electron chi connectivity index (χ4n) is 0.237. The van der Waals surface area contributed by atoms with E-state index in [1.165, 1.54) is 7.11 Å². The Morgan fingerprint density at radius 3 is 2.33 bits per heavy atom. The molecule has 0 saturated carbocycles. The van der Waals surface area contributed by atoms with Gasteiger partial charge in [0.05, 0.1) is 13.2 Å². The molecule has 0 unspecified atom stereocenters. The van der Waals surface area contributed by atoms with E-state index >= 15 is 0 Å². The predicted molar refractivity (Wildman–Crippen MR) is 29.1 cm³/mol. The maximum absolute atomic E-state index is 8.06. The molecule has 0 aliphatic rings. The molecule has 0 spiro atoms. The normalized spacial score (nSPS) is 8.33. The van der Waals surface area contributed by atoms with Crippen LogP contribution in [0.1, 0.15) is 1.43 Å². The zero-order valence-electron chi connectivity index (χ0n) is 6.70. The van der Waals surface area contributed by atoms with E-state index in [9.17, 15) is 0 Å². The van der Waals surface area contributed by atoms with Crippen LogP contribution in [0.25, 0.3) is 0 Å². The molecule has 0 atom stereocenters. The van der Waals surface area contributed by atoms with Crippen molar-refractivity contribution < 1.29 is 72.3 Å². The number of ether oxygens (including phenoxy) is 1. The summed E-state index contributed by atoms with van der Waals surface area (Å²) in [6.07, 6.45) is 0. The molecular formula is C3H10BKO4. The van der Waals surface area contributed by atoms with E-state index in [0.29, 0.717) is 6.61 Å². The van der Waals surface area contributed by atoms with Gasteiger partial charge in [-0.15, -0.1) is 0 Å². The average molecular weight is 160 g/mol. The van der Waals surface area contributed by atoms with Crippen molar-refractivity contribution in [2.24, 2.45) is 0 Å². The van der Waals surface area contributed by atoms with E-state index in [1.54, 1.807) is 0 Å². The van der Waals surface area contributed by atoms with E-state index in [1.807, 2.05) is 0 Å². The fourth-order valence-corrected chi connectivity index (χ4v) is 0.237. The third-order valence-corrected chi connectivity index (χ3v) is 0.554.